The predicted molar refractivity (Wildman–Crippen MR) is 321 cm³/mol. The summed E-state index contributed by atoms with van der Waals surface area (Å²) in [6.45, 7) is 22.8. The van der Waals surface area contributed by atoms with Gasteiger partial charge in [-0.2, -0.15) is 0 Å². The Morgan fingerprint density at radius 2 is 0.852 bits per heavy atom. The molecule has 440 valence electrons. The van der Waals surface area contributed by atoms with Crippen LogP contribution in [0.5, 0.6) is 0 Å². The van der Waals surface area contributed by atoms with Gasteiger partial charge < -0.3 is 33.7 Å². The molecule has 1 amide bonds. The van der Waals surface area contributed by atoms with Crippen LogP contribution < -0.4 is 5.32 Å². The van der Waals surface area contributed by atoms with E-state index in [1.54, 1.807) is 27.7 Å². The standard InChI is InChI=1S/C40H39NO8.C21H40O2.C7H12O2/c1-8-11-13-14-15-16-17-18-19-20-21-22-23-24-25-26-29-47-38(44)35(32-34(10-3)37(43)46-28-12-9-2)31-33(4)36(42)48-30-27-41-39(45)49-40(5,6)7;1-3-5-6-7-8-9-10-11-12-13-14-15-16-17-18-19-20-23-21(22)4-2;1-3-5-6-9-7(8)4-2/h1,33-35H,9-10,12,27-28,30-32H2,2-7H3,(H,41,45);4H,2-3,5-20H2,1H3;4H,2-3,5-6H2,1H3. The monoisotopic (exact) mass is 1110 g/mol. The SMILES string of the molecule is C#CC#CC#CC#CC#CC#CC#CC#CC#COC(=O)C(CC(C)C(=O)OCCNC(=O)OC(C)(C)C)CC(CC)C(=O)OCCCC.C=CC(=O)OCCCC.C=CC(=O)OCCCCCCCCCCCCCCCCCC. The zero-order valence-corrected chi connectivity index (χ0v) is 50.1. The van der Waals surface area contributed by atoms with Crippen molar-refractivity contribution in [3.8, 4) is 107 Å². The topological polar surface area (TPSA) is 170 Å². The molecule has 0 radical (unpaired) electrons. The number of unbranched alkanes of at least 4 members (excludes halogenated alkanes) is 17. The number of nitrogens with one attached hydrogen (secondary N) is 1. The van der Waals surface area contributed by atoms with Crippen LogP contribution in [0.15, 0.2) is 25.3 Å². The summed E-state index contributed by atoms with van der Waals surface area (Å²) in [6, 6.07) is 0. The number of terminal acetylenes is 1. The Hall–Kier alpha value is -7.86. The summed E-state index contributed by atoms with van der Waals surface area (Å²) in [5.74, 6) is 34.1. The fourth-order valence-corrected chi connectivity index (χ4v) is 6.67. The summed E-state index contributed by atoms with van der Waals surface area (Å²) >= 11 is 0. The lowest BCUT2D eigenvalue weighted by atomic mass is 9.86. The Labute approximate surface area is 488 Å². The van der Waals surface area contributed by atoms with Crippen molar-refractivity contribution in [2.45, 2.75) is 209 Å². The number of rotatable bonds is 36. The molecule has 0 saturated heterocycles. The van der Waals surface area contributed by atoms with Crippen molar-refractivity contribution in [1.82, 2.24) is 5.32 Å². The second-order valence-corrected chi connectivity index (χ2v) is 19.2. The van der Waals surface area contributed by atoms with E-state index in [9.17, 15) is 28.8 Å². The molecule has 0 spiro atoms. The minimum absolute atomic E-state index is 0.0243. The molecule has 0 aromatic heterocycles. The summed E-state index contributed by atoms with van der Waals surface area (Å²) < 4.78 is 30.5. The van der Waals surface area contributed by atoms with Gasteiger partial charge in [-0.1, -0.05) is 157 Å². The lowest BCUT2D eigenvalue weighted by molar-refractivity contribution is -0.152. The smallest absolute Gasteiger partial charge is 0.407 e. The highest BCUT2D eigenvalue weighted by atomic mass is 16.6. The van der Waals surface area contributed by atoms with Crippen molar-refractivity contribution in [1.29, 1.82) is 0 Å². The second kappa shape index (κ2) is 58.3. The van der Waals surface area contributed by atoms with Gasteiger partial charge in [0.1, 0.15) is 18.3 Å². The van der Waals surface area contributed by atoms with E-state index >= 15 is 0 Å². The van der Waals surface area contributed by atoms with Crippen molar-refractivity contribution < 1.29 is 57.2 Å². The van der Waals surface area contributed by atoms with E-state index in [-0.39, 0.29) is 44.5 Å². The summed E-state index contributed by atoms with van der Waals surface area (Å²) in [5.41, 5.74) is -0.665. The molecule has 3 unspecified atom stereocenters. The van der Waals surface area contributed by atoms with Gasteiger partial charge in [-0.3, -0.25) is 14.4 Å². The van der Waals surface area contributed by atoms with Crippen molar-refractivity contribution >= 4 is 35.9 Å². The van der Waals surface area contributed by atoms with Crippen LogP contribution in [0.4, 0.5) is 4.79 Å². The number of alkyl carbamates (subject to hydrolysis) is 1. The lowest BCUT2D eigenvalue weighted by Gasteiger charge is -2.22. The van der Waals surface area contributed by atoms with Crippen LogP contribution in [-0.2, 0) is 52.4 Å². The van der Waals surface area contributed by atoms with Crippen LogP contribution in [0.2, 0.25) is 0 Å². The molecular formula is C68H91NO12. The van der Waals surface area contributed by atoms with E-state index < -0.39 is 47.4 Å². The minimum atomic E-state index is -0.872. The van der Waals surface area contributed by atoms with Crippen molar-refractivity contribution in [3.63, 3.8) is 0 Å². The molecule has 0 aliphatic carbocycles. The maximum Gasteiger partial charge on any atom is 0.407 e. The van der Waals surface area contributed by atoms with Crippen LogP contribution in [0.1, 0.15) is 203 Å². The Bertz CT molecular complexity index is 2410. The van der Waals surface area contributed by atoms with Gasteiger partial charge in [0.15, 0.2) is 0 Å². The van der Waals surface area contributed by atoms with Crippen molar-refractivity contribution in [3.05, 3.63) is 25.3 Å². The summed E-state index contributed by atoms with van der Waals surface area (Å²) in [4.78, 5) is 71.3. The average Bonchev–Trinajstić information content (AvgIpc) is 3.44. The van der Waals surface area contributed by atoms with Crippen LogP contribution in [0, 0.1) is 125 Å². The fourth-order valence-electron chi connectivity index (χ4n) is 6.67. The van der Waals surface area contributed by atoms with E-state index in [0.29, 0.717) is 19.6 Å². The molecule has 13 heteroatoms. The van der Waals surface area contributed by atoms with Crippen LogP contribution in [0.3, 0.4) is 0 Å². The summed E-state index contributed by atoms with van der Waals surface area (Å²) in [6.07, 6.45) is 34.8. The molecule has 0 aromatic rings. The lowest BCUT2D eigenvalue weighted by Crippen LogP contribution is -2.35. The normalized spacial score (nSPS) is 10.3. The highest BCUT2D eigenvalue weighted by Gasteiger charge is 2.32. The summed E-state index contributed by atoms with van der Waals surface area (Å²) in [5, 5.41) is 2.50. The number of hydrogen-bond acceptors (Lipinski definition) is 12. The number of carbonyl (C=O) groups is 6. The molecule has 0 aliphatic rings. The van der Waals surface area contributed by atoms with Crippen LogP contribution in [-0.4, -0.2) is 74.5 Å². The third kappa shape index (κ3) is 58.1. The fraction of sp³-hybridized carbons (Fsp3) is 0.588. The number of carbonyl (C=O) groups excluding carboxylic acids is 6. The van der Waals surface area contributed by atoms with E-state index in [1.807, 2.05) is 20.8 Å². The van der Waals surface area contributed by atoms with Gasteiger partial charge in [0.05, 0.1) is 44.1 Å². The largest absolute Gasteiger partial charge is 0.465 e. The highest BCUT2D eigenvalue weighted by molar-refractivity contribution is 5.81. The zero-order valence-electron chi connectivity index (χ0n) is 50.1. The average molecular weight is 1110 g/mol. The number of esters is 5. The van der Waals surface area contributed by atoms with Crippen molar-refractivity contribution in [2.75, 3.05) is 33.0 Å². The quantitative estimate of drug-likeness (QED) is 0.0207. The summed E-state index contributed by atoms with van der Waals surface area (Å²) in [7, 11) is 0. The van der Waals surface area contributed by atoms with Gasteiger partial charge in [0.25, 0.3) is 0 Å². The van der Waals surface area contributed by atoms with Gasteiger partial charge in [-0.25, -0.2) is 14.4 Å². The maximum absolute atomic E-state index is 13.0. The molecule has 3 atom stereocenters. The van der Waals surface area contributed by atoms with Crippen molar-refractivity contribution in [2.24, 2.45) is 17.8 Å². The molecule has 0 aliphatic heterocycles. The molecule has 0 rings (SSSR count). The molecule has 13 nitrogen and oxygen atoms in total. The Balaban J connectivity index is -0.00000155. The molecule has 81 heavy (non-hydrogen) atoms. The Morgan fingerprint density at radius 3 is 1.26 bits per heavy atom. The first kappa shape index (κ1) is 77.4. The maximum atomic E-state index is 13.0. The van der Waals surface area contributed by atoms with Gasteiger partial charge in [-0.05, 0) is 107 Å². The predicted octanol–water partition coefficient (Wildman–Crippen LogP) is 12.1. The van der Waals surface area contributed by atoms with Gasteiger partial charge in [-0.15, -0.1) is 6.42 Å². The molecule has 0 heterocycles. The first-order valence-electron chi connectivity index (χ1n) is 28.6. The molecule has 1 N–H and O–H groups in total. The molecular weight excluding hydrogens is 1020 g/mol. The third-order valence-electron chi connectivity index (χ3n) is 11.0. The van der Waals surface area contributed by atoms with E-state index in [2.05, 4.69) is 131 Å². The third-order valence-corrected chi connectivity index (χ3v) is 11.0. The molecule has 0 bridgehead atoms. The first-order chi connectivity index (χ1) is 39.1. The van der Waals surface area contributed by atoms with Gasteiger partial charge in [0, 0.05) is 59.5 Å². The molecule has 0 saturated carbocycles. The Kier molecular flexibility index (Phi) is 55.7. The van der Waals surface area contributed by atoms with E-state index in [1.165, 1.54) is 108 Å². The highest BCUT2D eigenvalue weighted by Crippen LogP contribution is 2.26. The van der Waals surface area contributed by atoms with Gasteiger partial charge >= 0.3 is 35.9 Å². The van der Waals surface area contributed by atoms with E-state index in [0.717, 1.165) is 32.1 Å². The number of ether oxygens (including phenoxy) is 6. The first-order valence-corrected chi connectivity index (χ1v) is 28.6. The second-order valence-electron chi connectivity index (χ2n) is 19.2. The van der Waals surface area contributed by atoms with E-state index in [4.69, 9.17) is 30.1 Å². The zero-order chi connectivity index (χ0) is 60.9. The van der Waals surface area contributed by atoms with Gasteiger partial charge in [0.2, 0.25) is 0 Å². The number of hydrogen-bond donors (Lipinski definition) is 1. The Morgan fingerprint density at radius 1 is 0.469 bits per heavy atom. The van der Waals surface area contributed by atoms with Crippen LogP contribution in [0.25, 0.3) is 0 Å². The van der Waals surface area contributed by atoms with Crippen LogP contribution >= 0.6 is 0 Å². The molecule has 0 aromatic carbocycles. The number of amides is 1. The minimum Gasteiger partial charge on any atom is -0.465 e. The molecule has 0 fully saturated rings.